The number of aryl methyl sites for hydroxylation is 2. The third kappa shape index (κ3) is 3.07. The summed E-state index contributed by atoms with van der Waals surface area (Å²) >= 11 is 0. The van der Waals surface area contributed by atoms with Gasteiger partial charge in [-0.3, -0.25) is 0 Å². The lowest BCUT2D eigenvalue weighted by atomic mass is 10.0. The van der Waals surface area contributed by atoms with Crippen LogP contribution in [0, 0.1) is 19.8 Å². The molecule has 1 saturated carbocycles. The lowest BCUT2D eigenvalue weighted by Crippen LogP contribution is -2.25. The Morgan fingerprint density at radius 3 is 2.80 bits per heavy atom. The van der Waals surface area contributed by atoms with Crippen LogP contribution in [0.4, 0.5) is 0 Å². The van der Waals surface area contributed by atoms with Gasteiger partial charge in [0.15, 0.2) is 5.82 Å². The van der Waals surface area contributed by atoms with Crippen LogP contribution in [-0.2, 0) is 12.8 Å². The molecule has 1 aromatic heterocycles. The quantitative estimate of drug-likeness (QED) is 0.907. The topological polar surface area (TPSA) is 64.9 Å². The van der Waals surface area contributed by atoms with E-state index >= 15 is 0 Å². The monoisotopic (exact) mass is 271 g/mol. The molecule has 0 amide bonds. The van der Waals surface area contributed by atoms with Gasteiger partial charge in [0.25, 0.3) is 0 Å². The minimum atomic E-state index is 0.171. The number of rotatable bonds is 5. The smallest absolute Gasteiger partial charge is 0.228 e. The summed E-state index contributed by atoms with van der Waals surface area (Å²) in [5.74, 6) is 2.07. The largest absolute Gasteiger partial charge is 0.339 e. The van der Waals surface area contributed by atoms with Gasteiger partial charge in [-0.15, -0.1) is 0 Å². The van der Waals surface area contributed by atoms with Crippen LogP contribution in [0.5, 0.6) is 0 Å². The fourth-order valence-electron chi connectivity index (χ4n) is 2.43. The van der Waals surface area contributed by atoms with Crippen molar-refractivity contribution in [3.63, 3.8) is 0 Å². The molecule has 106 valence electrons. The van der Waals surface area contributed by atoms with Crippen molar-refractivity contribution >= 4 is 0 Å². The number of aromatic nitrogens is 2. The van der Waals surface area contributed by atoms with E-state index in [2.05, 4.69) is 42.2 Å². The van der Waals surface area contributed by atoms with Crippen molar-refractivity contribution in [2.24, 2.45) is 11.7 Å². The molecule has 0 bridgehead atoms. The third-order valence-electron chi connectivity index (χ3n) is 4.08. The predicted octanol–water partition coefficient (Wildman–Crippen LogP) is 2.56. The molecule has 3 rings (SSSR count). The summed E-state index contributed by atoms with van der Waals surface area (Å²) < 4.78 is 5.30. The molecule has 1 aliphatic carbocycles. The highest BCUT2D eigenvalue weighted by Gasteiger charge is 2.29. The zero-order valence-corrected chi connectivity index (χ0v) is 12.1. The molecule has 1 unspecified atom stereocenters. The standard InChI is InChI=1S/C16H21N3O/c1-10-3-4-12(7-11(10)2)8-15-18-16(20-19-15)9-14(17)13-5-6-13/h3-4,7,13-14H,5-6,8-9,17H2,1-2H3. The van der Waals surface area contributed by atoms with Gasteiger partial charge < -0.3 is 10.3 Å². The van der Waals surface area contributed by atoms with Crippen LogP contribution >= 0.6 is 0 Å². The summed E-state index contributed by atoms with van der Waals surface area (Å²) in [6.07, 6.45) is 3.89. The molecule has 2 N–H and O–H groups in total. The number of hydrogen-bond donors (Lipinski definition) is 1. The van der Waals surface area contributed by atoms with E-state index in [1.54, 1.807) is 0 Å². The summed E-state index contributed by atoms with van der Waals surface area (Å²) in [5.41, 5.74) is 9.89. The summed E-state index contributed by atoms with van der Waals surface area (Å²) in [4.78, 5) is 4.45. The molecule has 4 nitrogen and oxygen atoms in total. The number of hydrogen-bond acceptors (Lipinski definition) is 4. The van der Waals surface area contributed by atoms with Gasteiger partial charge in [-0.1, -0.05) is 23.4 Å². The Labute approximate surface area is 119 Å². The molecular weight excluding hydrogens is 250 g/mol. The van der Waals surface area contributed by atoms with E-state index in [9.17, 15) is 0 Å². The van der Waals surface area contributed by atoms with Crippen molar-refractivity contribution in [2.45, 2.75) is 45.6 Å². The van der Waals surface area contributed by atoms with Gasteiger partial charge in [0.05, 0.1) is 0 Å². The van der Waals surface area contributed by atoms with E-state index in [1.165, 1.54) is 29.5 Å². The Morgan fingerprint density at radius 2 is 2.10 bits per heavy atom. The highest BCUT2D eigenvalue weighted by Crippen LogP contribution is 2.32. The molecular formula is C16H21N3O. The van der Waals surface area contributed by atoms with Gasteiger partial charge in [-0.2, -0.15) is 4.98 Å². The van der Waals surface area contributed by atoms with E-state index < -0.39 is 0 Å². The van der Waals surface area contributed by atoms with Crippen molar-refractivity contribution in [2.75, 3.05) is 0 Å². The van der Waals surface area contributed by atoms with Gasteiger partial charge in [-0.25, -0.2) is 0 Å². The van der Waals surface area contributed by atoms with Gasteiger partial charge in [0, 0.05) is 18.9 Å². The Bertz CT molecular complexity index is 602. The normalized spacial score (nSPS) is 16.4. The van der Waals surface area contributed by atoms with Crippen molar-refractivity contribution in [1.82, 2.24) is 10.1 Å². The van der Waals surface area contributed by atoms with Gasteiger partial charge in [0.1, 0.15) is 0 Å². The second kappa shape index (κ2) is 5.37. The van der Waals surface area contributed by atoms with Crippen LogP contribution in [0.2, 0.25) is 0 Å². The first kappa shape index (κ1) is 13.3. The molecule has 1 aliphatic rings. The van der Waals surface area contributed by atoms with Crippen molar-refractivity contribution < 1.29 is 4.52 Å². The zero-order valence-electron chi connectivity index (χ0n) is 12.1. The number of nitrogens with two attached hydrogens (primary N) is 1. The van der Waals surface area contributed by atoms with Crippen LogP contribution in [0.1, 0.15) is 41.2 Å². The molecule has 1 heterocycles. The first-order valence-corrected chi connectivity index (χ1v) is 7.25. The molecule has 0 saturated heterocycles. The molecule has 0 spiro atoms. The Hall–Kier alpha value is -1.68. The van der Waals surface area contributed by atoms with Gasteiger partial charge in [0.2, 0.25) is 5.89 Å². The third-order valence-corrected chi connectivity index (χ3v) is 4.08. The first-order chi connectivity index (χ1) is 9.61. The van der Waals surface area contributed by atoms with E-state index in [-0.39, 0.29) is 6.04 Å². The van der Waals surface area contributed by atoms with Crippen molar-refractivity contribution in [3.8, 4) is 0 Å². The number of benzene rings is 1. The van der Waals surface area contributed by atoms with Crippen LogP contribution in [0.3, 0.4) is 0 Å². The van der Waals surface area contributed by atoms with Crippen LogP contribution in [-0.4, -0.2) is 16.2 Å². The van der Waals surface area contributed by atoms with Gasteiger partial charge >= 0.3 is 0 Å². The summed E-state index contributed by atoms with van der Waals surface area (Å²) in [6.45, 7) is 4.24. The maximum Gasteiger partial charge on any atom is 0.228 e. The minimum Gasteiger partial charge on any atom is -0.339 e. The lowest BCUT2D eigenvalue weighted by Gasteiger charge is -2.04. The highest BCUT2D eigenvalue weighted by atomic mass is 16.5. The van der Waals surface area contributed by atoms with E-state index in [0.717, 1.165) is 5.82 Å². The summed E-state index contributed by atoms with van der Waals surface area (Å²) in [7, 11) is 0. The second-order valence-corrected chi connectivity index (χ2v) is 5.91. The molecule has 1 atom stereocenters. The van der Waals surface area contributed by atoms with Crippen molar-refractivity contribution in [1.29, 1.82) is 0 Å². The minimum absolute atomic E-state index is 0.171. The zero-order chi connectivity index (χ0) is 14.1. The molecule has 1 aromatic carbocycles. The predicted molar refractivity (Wildman–Crippen MR) is 77.4 cm³/mol. The highest BCUT2D eigenvalue weighted by molar-refractivity contribution is 5.31. The average molecular weight is 271 g/mol. The summed E-state index contributed by atoms with van der Waals surface area (Å²) in [6, 6.07) is 6.61. The molecule has 0 aliphatic heterocycles. The van der Waals surface area contributed by atoms with E-state index in [4.69, 9.17) is 10.3 Å². The van der Waals surface area contributed by atoms with Gasteiger partial charge in [-0.05, 0) is 49.3 Å². The fourth-order valence-corrected chi connectivity index (χ4v) is 2.43. The Kier molecular flexibility index (Phi) is 3.57. The Balaban J connectivity index is 1.65. The maximum absolute atomic E-state index is 6.08. The van der Waals surface area contributed by atoms with E-state index in [1.807, 2.05) is 0 Å². The van der Waals surface area contributed by atoms with Crippen LogP contribution in [0.25, 0.3) is 0 Å². The SMILES string of the molecule is Cc1ccc(Cc2noc(CC(N)C3CC3)n2)cc1C. The molecule has 1 fully saturated rings. The molecule has 2 aromatic rings. The second-order valence-electron chi connectivity index (χ2n) is 5.91. The maximum atomic E-state index is 6.08. The van der Waals surface area contributed by atoms with Crippen LogP contribution in [0.15, 0.2) is 22.7 Å². The van der Waals surface area contributed by atoms with Crippen LogP contribution < -0.4 is 5.73 Å². The molecule has 20 heavy (non-hydrogen) atoms. The summed E-state index contributed by atoms with van der Waals surface area (Å²) in [5, 5.41) is 4.05. The fraction of sp³-hybridized carbons (Fsp3) is 0.500. The Morgan fingerprint density at radius 1 is 1.30 bits per heavy atom. The average Bonchev–Trinajstić information content (AvgIpc) is 3.18. The first-order valence-electron chi connectivity index (χ1n) is 7.25. The molecule has 4 heteroatoms. The van der Waals surface area contributed by atoms with Crippen molar-refractivity contribution in [3.05, 3.63) is 46.6 Å². The lowest BCUT2D eigenvalue weighted by molar-refractivity contribution is 0.359. The number of nitrogens with zero attached hydrogens (tertiary/aromatic N) is 2. The van der Waals surface area contributed by atoms with E-state index in [0.29, 0.717) is 24.7 Å². The molecule has 0 radical (unpaired) electrons.